The summed E-state index contributed by atoms with van der Waals surface area (Å²) in [6, 6.07) is 3.49. The first-order valence-corrected chi connectivity index (χ1v) is 6.27. The summed E-state index contributed by atoms with van der Waals surface area (Å²) in [4.78, 5) is 36.0. The largest absolute Gasteiger partial charge is 0.467 e. The van der Waals surface area contributed by atoms with Crippen molar-refractivity contribution in [1.29, 1.82) is 0 Å². The van der Waals surface area contributed by atoms with E-state index in [0.717, 1.165) is 0 Å². The second kappa shape index (κ2) is 5.77. The molecule has 7 heteroatoms. The number of nitrogens with zero attached hydrogens (tertiary/aromatic N) is 1. The van der Waals surface area contributed by atoms with E-state index >= 15 is 0 Å². The normalized spacial score (nSPS) is 19.9. The fraction of sp³-hybridized carbons (Fsp3) is 0.462. The van der Waals surface area contributed by atoms with Crippen LogP contribution in [0, 0.1) is 5.92 Å². The zero-order valence-corrected chi connectivity index (χ0v) is 11.1. The number of primary amides is 1. The summed E-state index contributed by atoms with van der Waals surface area (Å²) in [5, 5.41) is 0. The van der Waals surface area contributed by atoms with E-state index in [0.29, 0.717) is 12.3 Å². The maximum absolute atomic E-state index is 11.8. The summed E-state index contributed by atoms with van der Waals surface area (Å²) in [6.07, 6.45) is 0.609. The van der Waals surface area contributed by atoms with Crippen LogP contribution in [0.3, 0.4) is 0 Å². The Balaban J connectivity index is 1.91. The highest BCUT2D eigenvalue weighted by molar-refractivity contribution is 5.88. The second-order valence-electron chi connectivity index (χ2n) is 4.74. The zero-order valence-electron chi connectivity index (χ0n) is 11.1. The van der Waals surface area contributed by atoms with Gasteiger partial charge in [0.15, 0.2) is 6.10 Å². The van der Waals surface area contributed by atoms with Crippen LogP contribution in [-0.2, 0) is 25.7 Å². The van der Waals surface area contributed by atoms with E-state index in [4.69, 9.17) is 14.9 Å². The molecule has 1 aromatic heterocycles. The van der Waals surface area contributed by atoms with Crippen molar-refractivity contribution >= 4 is 17.8 Å². The minimum atomic E-state index is -0.989. The van der Waals surface area contributed by atoms with Gasteiger partial charge in [0.05, 0.1) is 18.7 Å². The van der Waals surface area contributed by atoms with Crippen LogP contribution >= 0.6 is 0 Å². The molecule has 1 aliphatic rings. The summed E-state index contributed by atoms with van der Waals surface area (Å²) >= 11 is 0. The number of ether oxygens (including phenoxy) is 1. The average Bonchev–Trinajstić information content (AvgIpc) is 3.00. The summed E-state index contributed by atoms with van der Waals surface area (Å²) in [5.41, 5.74) is 5.02. The number of rotatable bonds is 5. The third-order valence-electron chi connectivity index (χ3n) is 3.17. The van der Waals surface area contributed by atoms with Crippen molar-refractivity contribution < 1.29 is 23.5 Å². The van der Waals surface area contributed by atoms with E-state index in [1.807, 2.05) is 0 Å². The van der Waals surface area contributed by atoms with Gasteiger partial charge in [-0.05, 0) is 19.1 Å². The number of furan rings is 1. The predicted molar refractivity (Wildman–Crippen MR) is 67.0 cm³/mol. The maximum Gasteiger partial charge on any atom is 0.312 e. The van der Waals surface area contributed by atoms with E-state index in [1.54, 1.807) is 12.1 Å². The molecule has 2 rings (SSSR count). The molecule has 2 atom stereocenters. The lowest BCUT2D eigenvalue weighted by molar-refractivity contribution is -0.157. The standard InChI is InChI=1S/C13H16N2O5/c1-8(12(14)17)20-13(18)9-5-11(16)15(6-9)7-10-3-2-4-19-10/h2-4,8-9H,5-7H2,1H3,(H2,14,17)/t8-,9-/m1/s1. The smallest absolute Gasteiger partial charge is 0.312 e. The Hall–Kier alpha value is -2.31. The Labute approximate surface area is 115 Å². The van der Waals surface area contributed by atoms with Crippen molar-refractivity contribution in [2.45, 2.75) is 26.0 Å². The summed E-state index contributed by atoms with van der Waals surface area (Å²) in [7, 11) is 0. The van der Waals surface area contributed by atoms with Gasteiger partial charge in [-0.3, -0.25) is 14.4 Å². The second-order valence-corrected chi connectivity index (χ2v) is 4.74. The first kappa shape index (κ1) is 14.1. The Bertz CT molecular complexity index is 511. The van der Waals surface area contributed by atoms with Crippen LogP contribution in [0.5, 0.6) is 0 Å². The number of esters is 1. The van der Waals surface area contributed by atoms with Crippen molar-refractivity contribution in [2.75, 3.05) is 6.54 Å². The van der Waals surface area contributed by atoms with E-state index in [-0.39, 0.29) is 18.9 Å². The molecule has 7 nitrogen and oxygen atoms in total. The average molecular weight is 280 g/mol. The highest BCUT2D eigenvalue weighted by atomic mass is 16.5. The molecule has 0 saturated carbocycles. The first-order valence-electron chi connectivity index (χ1n) is 6.27. The minimum Gasteiger partial charge on any atom is -0.467 e. The fourth-order valence-electron chi connectivity index (χ4n) is 2.00. The SMILES string of the molecule is C[C@@H](OC(=O)[C@@H]1CC(=O)N(Cc2ccco2)C1)C(N)=O. The van der Waals surface area contributed by atoms with Crippen molar-refractivity contribution in [3.05, 3.63) is 24.2 Å². The van der Waals surface area contributed by atoms with Gasteiger partial charge in [-0.2, -0.15) is 0 Å². The number of amides is 2. The maximum atomic E-state index is 11.8. The van der Waals surface area contributed by atoms with E-state index < -0.39 is 23.9 Å². The van der Waals surface area contributed by atoms with Crippen LogP contribution in [0.2, 0.25) is 0 Å². The fourth-order valence-corrected chi connectivity index (χ4v) is 2.00. The van der Waals surface area contributed by atoms with Gasteiger partial charge in [0.25, 0.3) is 5.91 Å². The molecular formula is C13H16N2O5. The summed E-state index contributed by atoms with van der Waals surface area (Å²) < 4.78 is 10.1. The number of carbonyl (C=O) groups excluding carboxylic acids is 3. The van der Waals surface area contributed by atoms with E-state index in [2.05, 4.69) is 0 Å². The van der Waals surface area contributed by atoms with Crippen LogP contribution in [-0.4, -0.2) is 35.3 Å². The van der Waals surface area contributed by atoms with E-state index in [9.17, 15) is 14.4 Å². The molecule has 2 amide bonds. The van der Waals surface area contributed by atoms with Gasteiger partial charge < -0.3 is 19.8 Å². The lowest BCUT2D eigenvalue weighted by Gasteiger charge is -2.15. The van der Waals surface area contributed by atoms with Gasteiger partial charge in [-0.25, -0.2) is 0 Å². The van der Waals surface area contributed by atoms with Crippen molar-refractivity contribution in [3.63, 3.8) is 0 Å². The summed E-state index contributed by atoms with van der Waals surface area (Å²) in [5.74, 6) is -1.35. The number of carbonyl (C=O) groups is 3. The van der Waals surface area contributed by atoms with Crippen LogP contribution in [0.15, 0.2) is 22.8 Å². The van der Waals surface area contributed by atoms with Gasteiger partial charge in [-0.1, -0.05) is 0 Å². The molecule has 0 aliphatic carbocycles. The topological polar surface area (TPSA) is 103 Å². The number of hydrogen-bond acceptors (Lipinski definition) is 5. The molecular weight excluding hydrogens is 264 g/mol. The molecule has 2 N–H and O–H groups in total. The molecule has 20 heavy (non-hydrogen) atoms. The summed E-state index contributed by atoms with van der Waals surface area (Å²) in [6.45, 7) is 1.97. The molecule has 0 aromatic carbocycles. The van der Waals surface area contributed by atoms with Crippen LogP contribution < -0.4 is 5.73 Å². The lowest BCUT2D eigenvalue weighted by atomic mass is 10.1. The van der Waals surface area contributed by atoms with Gasteiger partial charge in [0, 0.05) is 13.0 Å². The van der Waals surface area contributed by atoms with E-state index in [1.165, 1.54) is 18.1 Å². The molecule has 0 bridgehead atoms. The van der Waals surface area contributed by atoms with Crippen molar-refractivity contribution in [3.8, 4) is 0 Å². The highest BCUT2D eigenvalue weighted by Gasteiger charge is 2.36. The number of hydrogen-bond donors (Lipinski definition) is 1. The van der Waals surface area contributed by atoms with Gasteiger partial charge in [0.1, 0.15) is 5.76 Å². The Morgan fingerprint density at radius 2 is 2.35 bits per heavy atom. The van der Waals surface area contributed by atoms with Crippen molar-refractivity contribution in [2.24, 2.45) is 11.7 Å². The number of nitrogens with two attached hydrogens (primary N) is 1. The van der Waals surface area contributed by atoms with Crippen LogP contribution in [0.4, 0.5) is 0 Å². The predicted octanol–water partition coefficient (Wildman–Crippen LogP) is 0.0451. The Morgan fingerprint density at radius 1 is 1.60 bits per heavy atom. The first-order chi connectivity index (χ1) is 9.47. The molecule has 0 radical (unpaired) electrons. The Kier molecular flexibility index (Phi) is 4.07. The molecule has 108 valence electrons. The lowest BCUT2D eigenvalue weighted by Crippen LogP contribution is -2.33. The minimum absolute atomic E-state index is 0.0744. The third kappa shape index (κ3) is 3.17. The molecule has 1 saturated heterocycles. The van der Waals surface area contributed by atoms with Crippen LogP contribution in [0.1, 0.15) is 19.1 Å². The molecule has 1 aliphatic heterocycles. The molecule has 1 fully saturated rings. The molecule has 1 aromatic rings. The molecule has 0 unspecified atom stereocenters. The van der Waals surface area contributed by atoms with Crippen molar-refractivity contribution in [1.82, 2.24) is 4.90 Å². The highest BCUT2D eigenvalue weighted by Crippen LogP contribution is 2.22. The third-order valence-corrected chi connectivity index (χ3v) is 3.17. The Morgan fingerprint density at radius 3 is 2.95 bits per heavy atom. The van der Waals surface area contributed by atoms with Gasteiger partial charge in [0.2, 0.25) is 5.91 Å². The quantitative estimate of drug-likeness (QED) is 0.767. The monoisotopic (exact) mass is 280 g/mol. The van der Waals surface area contributed by atoms with Crippen LogP contribution in [0.25, 0.3) is 0 Å². The molecule has 2 heterocycles. The number of likely N-dealkylation sites (tertiary alicyclic amines) is 1. The van der Waals surface area contributed by atoms with Gasteiger partial charge in [-0.15, -0.1) is 0 Å². The van der Waals surface area contributed by atoms with Gasteiger partial charge >= 0.3 is 5.97 Å². The zero-order chi connectivity index (χ0) is 14.7. The molecule has 0 spiro atoms.